The monoisotopic (exact) mass is 235 g/mol. The van der Waals surface area contributed by atoms with Gasteiger partial charge in [0.15, 0.2) is 0 Å². The molecule has 0 fully saturated rings. The van der Waals surface area contributed by atoms with Crippen LogP contribution in [0.5, 0.6) is 0 Å². The Morgan fingerprint density at radius 1 is 1.33 bits per heavy atom. The fourth-order valence-electron chi connectivity index (χ4n) is 0.886. The van der Waals surface area contributed by atoms with Crippen LogP contribution in [-0.2, 0) is 20.4 Å². The number of hydrogen-bond acceptors (Lipinski definition) is 3. The Morgan fingerprint density at radius 2 is 1.87 bits per heavy atom. The first-order chi connectivity index (χ1) is 6.84. The van der Waals surface area contributed by atoms with Crippen molar-refractivity contribution in [3.63, 3.8) is 0 Å². The zero-order chi connectivity index (χ0) is 12.0. The molecule has 0 aliphatic heterocycles. The first-order valence-corrected chi connectivity index (χ1v) is 6.12. The SMILES string of the molecule is CC(C)NC(=O)C(C)S(=O)CCC(=O)O. The summed E-state index contributed by atoms with van der Waals surface area (Å²) in [7, 11) is -1.42. The predicted molar refractivity (Wildman–Crippen MR) is 58.0 cm³/mol. The molecule has 2 N–H and O–H groups in total. The zero-order valence-electron chi connectivity index (χ0n) is 9.15. The number of carbonyl (C=O) groups is 2. The molecule has 0 saturated heterocycles. The Bertz CT molecular complexity index is 265. The van der Waals surface area contributed by atoms with E-state index in [2.05, 4.69) is 5.32 Å². The van der Waals surface area contributed by atoms with Gasteiger partial charge in [-0.3, -0.25) is 13.8 Å². The largest absolute Gasteiger partial charge is 0.481 e. The minimum atomic E-state index is -1.42. The maximum atomic E-state index is 11.5. The van der Waals surface area contributed by atoms with Gasteiger partial charge >= 0.3 is 5.97 Å². The van der Waals surface area contributed by atoms with Crippen LogP contribution >= 0.6 is 0 Å². The number of nitrogens with one attached hydrogen (secondary N) is 1. The van der Waals surface area contributed by atoms with E-state index in [1.165, 1.54) is 6.92 Å². The highest BCUT2D eigenvalue weighted by Crippen LogP contribution is 1.99. The number of amides is 1. The van der Waals surface area contributed by atoms with Gasteiger partial charge in [-0.2, -0.15) is 0 Å². The Morgan fingerprint density at radius 3 is 2.27 bits per heavy atom. The Labute approximate surface area is 91.7 Å². The molecule has 88 valence electrons. The molecule has 2 unspecified atom stereocenters. The van der Waals surface area contributed by atoms with E-state index in [0.717, 1.165) is 0 Å². The third-order valence-electron chi connectivity index (χ3n) is 1.71. The summed E-state index contributed by atoms with van der Waals surface area (Å²) in [4.78, 5) is 21.6. The molecule has 0 aliphatic rings. The zero-order valence-corrected chi connectivity index (χ0v) is 9.97. The maximum absolute atomic E-state index is 11.5. The molecule has 0 spiro atoms. The van der Waals surface area contributed by atoms with Gasteiger partial charge < -0.3 is 10.4 Å². The predicted octanol–water partition coefficient (Wildman–Crippen LogP) is 0.123. The molecule has 0 aromatic rings. The van der Waals surface area contributed by atoms with Gasteiger partial charge in [-0.15, -0.1) is 0 Å². The van der Waals surface area contributed by atoms with E-state index in [1.807, 2.05) is 13.8 Å². The third kappa shape index (κ3) is 6.22. The van der Waals surface area contributed by atoms with Crippen LogP contribution < -0.4 is 5.32 Å². The molecule has 6 heteroatoms. The average Bonchev–Trinajstić information content (AvgIpc) is 2.11. The molecule has 0 bridgehead atoms. The first kappa shape index (κ1) is 14.1. The number of carbonyl (C=O) groups excluding carboxylic acids is 1. The molecule has 1 amide bonds. The number of aliphatic carboxylic acids is 1. The van der Waals surface area contributed by atoms with E-state index < -0.39 is 22.0 Å². The molecule has 5 nitrogen and oxygen atoms in total. The number of carboxylic acids is 1. The van der Waals surface area contributed by atoms with Gasteiger partial charge in [0.25, 0.3) is 0 Å². The van der Waals surface area contributed by atoms with Gasteiger partial charge in [0.05, 0.1) is 6.42 Å². The Kier molecular flexibility index (Phi) is 6.15. The van der Waals surface area contributed by atoms with Crippen molar-refractivity contribution in [2.45, 2.75) is 38.5 Å². The Balaban J connectivity index is 4.08. The van der Waals surface area contributed by atoms with Crippen LogP contribution in [0.2, 0.25) is 0 Å². The van der Waals surface area contributed by atoms with Crippen molar-refractivity contribution in [1.29, 1.82) is 0 Å². The molecular formula is C9H17NO4S. The summed E-state index contributed by atoms with van der Waals surface area (Å²) < 4.78 is 11.5. The van der Waals surface area contributed by atoms with E-state index >= 15 is 0 Å². The molecule has 0 heterocycles. The average molecular weight is 235 g/mol. The molecule has 0 saturated carbocycles. The van der Waals surface area contributed by atoms with Gasteiger partial charge in [0.2, 0.25) is 5.91 Å². The molecule has 2 atom stereocenters. The van der Waals surface area contributed by atoms with Crippen molar-refractivity contribution in [3.05, 3.63) is 0 Å². The maximum Gasteiger partial charge on any atom is 0.304 e. The van der Waals surface area contributed by atoms with Crippen LogP contribution in [0.25, 0.3) is 0 Å². The first-order valence-electron chi connectivity index (χ1n) is 4.74. The number of rotatable bonds is 6. The summed E-state index contributed by atoms with van der Waals surface area (Å²) in [6.07, 6.45) is -0.175. The lowest BCUT2D eigenvalue weighted by molar-refractivity contribution is -0.136. The molecule has 0 aromatic carbocycles. The van der Waals surface area contributed by atoms with Crippen LogP contribution in [-0.4, -0.2) is 38.2 Å². The van der Waals surface area contributed by atoms with Crippen molar-refractivity contribution in [1.82, 2.24) is 5.32 Å². The lowest BCUT2D eigenvalue weighted by Crippen LogP contribution is -2.40. The van der Waals surface area contributed by atoms with E-state index in [4.69, 9.17) is 5.11 Å². The smallest absolute Gasteiger partial charge is 0.304 e. The van der Waals surface area contributed by atoms with Gasteiger partial charge in [-0.25, -0.2) is 0 Å². The second-order valence-electron chi connectivity index (χ2n) is 3.53. The summed E-state index contributed by atoms with van der Waals surface area (Å²) >= 11 is 0. The van der Waals surface area contributed by atoms with Crippen LogP contribution in [0.3, 0.4) is 0 Å². The lowest BCUT2D eigenvalue weighted by atomic mass is 10.3. The number of carboxylic acid groups (broad SMARTS) is 1. The van der Waals surface area contributed by atoms with Gasteiger partial charge in [-0.05, 0) is 20.8 Å². The van der Waals surface area contributed by atoms with Crippen molar-refractivity contribution in [3.8, 4) is 0 Å². The summed E-state index contributed by atoms with van der Waals surface area (Å²) in [6.45, 7) is 5.16. The summed E-state index contributed by atoms with van der Waals surface area (Å²) in [5, 5.41) is 10.4. The molecule has 0 rings (SSSR count). The van der Waals surface area contributed by atoms with Crippen molar-refractivity contribution in [2.75, 3.05) is 5.75 Å². The van der Waals surface area contributed by atoms with Gasteiger partial charge in [0, 0.05) is 22.6 Å². The molecule has 0 aliphatic carbocycles. The standard InChI is InChI=1S/C9H17NO4S/c1-6(2)10-9(13)7(3)15(14)5-4-8(11)12/h6-7H,4-5H2,1-3H3,(H,10,13)(H,11,12). The van der Waals surface area contributed by atoms with Crippen LogP contribution in [0.4, 0.5) is 0 Å². The highest BCUT2D eigenvalue weighted by molar-refractivity contribution is 7.86. The molecular weight excluding hydrogens is 218 g/mol. The lowest BCUT2D eigenvalue weighted by Gasteiger charge is -2.13. The van der Waals surface area contributed by atoms with Crippen molar-refractivity contribution in [2.24, 2.45) is 0 Å². The van der Waals surface area contributed by atoms with E-state index in [1.54, 1.807) is 0 Å². The third-order valence-corrected chi connectivity index (χ3v) is 3.32. The van der Waals surface area contributed by atoms with Crippen LogP contribution in [0.1, 0.15) is 27.2 Å². The van der Waals surface area contributed by atoms with E-state index in [-0.39, 0.29) is 24.1 Å². The fourth-order valence-corrected chi connectivity index (χ4v) is 1.92. The second-order valence-corrected chi connectivity index (χ2v) is 5.41. The van der Waals surface area contributed by atoms with Crippen molar-refractivity contribution >= 4 is 22.7 Å². The van der Waals surface area contributed by atoms with E-state index in [0.29, 0.717) is 0 Å². The highest BCUT2D eigenvalue weighted by Gasteiger charge is 2.20. The summed E-state index contributed by atoms with van der Waals surface area (Å²) in [6, 6.07) is -0.00331. The molecule has 0 radical (unpaired) electrons. The summed E-state index contributed by atoms with van der Waals surface area (Å²) in [5.74, 6) is -1.28. The van der Waals surface area contributed by atoms with Crippen LogP contribution in [0.15, 0.2) is 0 Å². The second kappa shape index (κ2) is 6.55. The van der Waals surface area contributed by atoms with Crippen LogP contribution in [0, 0.1) is 0 Å². The van der Waals surface area contributed by atoms with Gasteiger partial charge in [-0.1, -0.05) is 0 Å². The summed E-state index contributed by atoms with van der Waals surface area (Å²) in [5.41, 5.74) is 0. The topological polar surface area (TPSA) is 83.5 Å². The normalized spacial score (nSPS) is 14.7. The molecule has 15 heavy (non-hydrogen) atoms. The minimum absolute atomic E-state index is 0.00331. The fraction of sp³-hybridized carbons (Fsp3) is 0.778. The van der Waals surface area contributed by atoms with E-state index in [9.17, 15) is 13.8 Å². The Hall–Kier alpha value is -0.910. The quantitative estimate of drug-likeness (QED) is 0.685. The van der Waals surface area contributed by atoms with Crippen molar-refractivity contribution < 1.29 is 18.9 Å². The highest BCUT2D eigenvalue weighted by atomic mass is 32.2. The minimum Gasteiger partial charge on any atom is -0.481 e. The number of hydrogen-bond donors (Lipinski definition) is 2. The van der Waals surface area contributed by atoms with Gasteiger partial charge in [0.1, 0.15) is 5.25 Å². The molecule has 0 aromatic heterocycles.